The van der Waals surface area contributed by atoms with Crippen LogP contribution in [-0.4, -0.2) is 44.2 Å². The van der Waals surface area contributed by atoms with Crippen molar-refractivity contribution in [3.05, 3.63) is 30.3 Å². The van der Waals surface area contributed by atoms with Crippen molar-refractivity contribution in [2.45, 2.75) is 44.3 Å². The van der Waals surface area contributed by atoms with Gasteiger partial charge in [-0.1, -0.05) is 18.2 Å². The minimum Gasteiger partial charge on any atom is -0.444 e. The fraction of sp³-hybridized carbons (Fsp3) is 0.562. The largest absolute Gasteiger partial charge is 0.444 e. The van der Waals surface area contributed by atoms with E-state index in [4.69, 9.17) is 8.92 Å². The van der Waals surface area contributed by atoms with Crippen molar-refractivity contribution in [1.82, 2.24) is 4.90 Å². The number of benzene rings is 1. The van der Waals surface area contributed by atoms with Gasteiger partial charge >= 0.3 is 6.09 Å². The number of likely N-dealkylation sites (tertiary alicyclic amines) is 1. The Hall–Kier alpha value is -1.60. The molecule has 0 N–H and O–H groups in total. The summed E-state index contributed by atoms with van der Waals surface area (Å²) in [5, 5.41) is 0. The van der Waals surface area contributed by atoms with E-state index in [1.165, 1.54) is 12.1 Å². The fourth-order valence-corrected chi connectivity index (χ4v) is 3.36. The number of amides is 1. The van der Waals surface area contributed by atoms with Crippen LogP contribution in [0.15, 0.2) is 35.2 Å². The Morgan fingerprint density at radius 3 is 2.30 bits per heavy atom. The lowest BCUT2D eigenvalue weighted by atomic mass is 9.95. The summed E-state index contributed by atoms with van der Waals surface area (Å²) < 4.78 is 34.8. The summed E-state index contributed by atoms with van der Waals surface area (Å²) in [4.78, 5) is 13.5. The summed E-state index contributed by atoms with van der Waals surface area (Å²) in [6, 6.07) is 8.03. The molecule has 128 valence electrons. The number of carbonyl (C=O) groups is 1. The Morgan fingerprint density at radius 1 is 1.22 bits per heavy atom. The Kier molecular flexibility index (Phi) is 5.01. The number of ether oxygens (including phenoxy) is 1. The van der Waals surface area contributed by atoms with Crippen LogP contribution < -0.4 is 0 Å². The molecule has 1 amide bonds. The van der Waals surface area contributed by atoms with Crippen LogP contribution in [0.1, 0.15) is 27.7 Å². The molecule has 1 fully saturated rings. The van der Waals surface area contributed by atoms with E-state index in [0.29, 0.717) is 13.1 Å². The highest BCUT2D eigenvalue weighted by Gasteiger charge is 2.38. The number of hydrogen-bond donors (Lipinski definition) is 0. The van der Waals surface area contributed by atoms with Crippen LogP contribution in [0.4, 0.5) is 4.79 Å². The van der Waals surface area contributed by atoms with Gasteiger partial charge in [0.2, 0.25) is 0 Å². The summed E-state index contributed by atoms with van der Waals surface area (Å²) in [6.45, 7) is 7.99. The lowest BCUT2D eigenvalue weighted by Gasteiger charge is -2.41. The lowest BCUT2D eigenvalue weighted by molar-refractivity contribution is -0.0201. The first-order valence-corrected chi connectivity index (χ1v) is 8.95. The van der Waals surface area contributed by atoms with E-state index in [1.54, 1.807) is 50.8 Å². The molecule has 1 atom stereocenters. The average Bonchev–Trinajstić information content (AvgIpc) is 2.35. The molecule has 0 saturated carbocycles. The average molecular weight is 341 g/mol. The predicted molar refractivity (Wildman–Crippen MR) is 85.5 cm³/mol. The zero-order valence-corrected chi connectivity index (χ0v) is 14.7. The van der Waals surface area contributed by atoms with Gasteiger partial charge in [0.1, 0.15) is 5.60 Å². The topological polar surface area (TPSA) is 72.9 Å². The Balaban J connectivity index is 1.87. The number of rotatable bonds is 4. The minimum absolute atomic E-state index is 0.0268. The van der Waals surface area contributed by atoms with Crippen molar-refractivity contribution in [1.29, 1.82) is 0 Å². The highest BCUT2D eigenvalue weighted by Crippen LogP contribution is 2.26. The van der Waals surface area contributed by atoms with E-state index >= 15 is 0 Å². The van der Waals surface area contributed by atoms with Crippen LogP contribution in [0.5, 0.6) is 0 Å². The molecule has 1 aliphatic rings. The molecule has 0 aromatic heterocycles. The van der Waals surface area contributed by atoms with Crippen LogP contribution in [-0.2, 0) is 19.0 Å². The highest BCUT2D eigenvalue weighted by molar-refractivity contribution is 7.86. The summed E-state index contributed by atoms with van der Waals surface area (Å²) in [7, 11) is -3.78. The molecule has 0 bridgehead atoms. The summed E-state index contributed by atoms with van der Waals surface area (Å²) >= 11 is 0. The second-order valence-electron chi connectivity index (χ2n) is 6.71. The fourth-order valence-electron chi connectivity index (χ4n) is 2.21. The van der Waals surface area contributed by atoms with E-state index in [9.17, 15) is 13.2 Å². The van der Waals surface area contributed by atoms with Gasteiger partial charge in [0.15, 0.2) is 0 Å². The molecular weight excluding hydrogens is 318 g/mol. The van der Waals surface area contributed by atoms with Crippen LogP contribution in [0.3, 0.4) is 0 Å². The van der Waals surface area contributed by atoms with Gasteiger partial charge in [-0.25, -0.2) is 4.79 Å². The van der Waals surface area contributed by atoms with Crippen molar-refractivity contribution in [3.8, 4) is 0 Å². The standard InChI is InChI=1S/C16H23NO5S/c1-12(22-23(19,20)14-8-6-5-7-9-14)13-10-17(11-13)15(18)21-16(2,3)4/h5-9,12-13H,10-11H2,1-4H3. The van der Waals surface area contributed by atoms with E-state index in [0.717, 1.165) is 0 Å². The maximum Gasteiger partial charge on any atom is 0.410 e. The van der Waals surface area contributed by atoms with Crippen LogP contribution in [0.25, 0.3) is 0 Å². The quantitative estimate of drug-likeness (QED) is 0.787. The van der Waals surface area contributed by atoms with Crippen molar-refractivity contribution in [3.63, 3.8) is 0 Å². The second-order valence-corrected chi connectivity index (χ2v) is 8.29. The molecule has 1 heterocycles. The molecular formula is C16H23NO5S. The minimum atomic E-state index is -3.78. The third kappa shape index (κ3) is 4.68. The molecule has 0 aliphatic carbocycles. The highest BCUT2D eigenvalue weighted by atomic mass is 32.2. The van der Waals surface area contributed by atoms with Gasteiger partial charge in [-0.2, -0.15) is 8.42 Å². The SMILES string of the molecule is CC(OS(=O)(=O)c1ccccc1)C1CN(C(=O)OC(C)(C)C)C1. The van der Waals surface area contributed by atoms with Crippen molar-refractivity contribution < 1.29 is 22.1 Å². The van der Waals surface area contributed by atoms with Gasteiger partial charge in [-0.05, 0) is 39.8 Å². The first kappa shape index (κ1) is 17.7. The zero-order valence-electron chi connectivity index (χ0n) is 13.9. The molecule has 6 nitrogen and oxygen atoms in total. The Labute approximate surface area is 137 Å². The summed E-state index contributed by atoms with van der Waals surface area (Å²) in [5.41, 5.74) is -0.541. The molecule has 0 radical (unpaired) electrons. The maximum absolute atomic E-state index is 12.2. The molecule has 1 aromatic carbocycles. The zero-order chi connectivity index (χ0) is 17.3. The third-order valence-electron chi connectivity index (χ3n) is 3.54. The van der Waals surface area contributed by atoms with E-state index in [-0.39, 0.29) is 16.9 Å². The third-order valence-corrected chi connectivity index (χ3v) is 4.94. The molecule has 7 heteroatoms. The van der Waals surface area contributed by atoms with E-state index in [2.05, 4.69) is 0 Å². The summed E-state index contributed by atoms with van der Waals surface area (Å²) in [6.07, 6.45) is -0.884. The van der Waals surface area contributed by atoms with Gasteiger partial charge in [-0.15, -0.1) is 0 Å². The smallest absolute Gasteiger partial charge is 0.410 e. The number of carbonyl (C=O) groups excluding carboxylic acids is 1. The molecule has 1 unspecified atom stereocenters. The maximum atomic E-state index is 12.2. The van der Waals surface area contributed by atoms with E-state index in [1.807, 2.05) is 0 Å². The molecule has 23 heavy (non-hydrogen) atoms. The Morgan fingerprint density at radius 2 is 1.78 bits per heavy atom. The van der Waals surface area contributed by atoms with Crippen LogP contribution in [0.2, 0.25) is 0 Å². The molecule has 0 spiro atoms. The number of hydrogen-bond acceptors (Lipinski definition) is 5. The first-order chi connectivity index (χ1) is 10.6. The van der Waals surface area contributed by atoms with Gasteiger partial charge in [0.05, 0.1) is 11.0 Å². The van der Waals surface area contributed by atoms with Crippen LogP contribution >= 0.6 is 0 Å². The molecule has 1 aliphatic heterocycles. The monoisotopic (exact) mass is 341 g/mol. The lowest BCUT2D eigenvalue weighted by Crippen LogP contribution is -2.55. The predicted octanol–water partition coefficient (Wildman–Crippen LogP) is 2.65. The van der Waals surface area contributed by atoms with Crippen LogP contribution in [0, 0.1) is 5.92 Å². The van der Waals surface area contributed by atoms with Gasteiger partial charge in [-0.3, -0.25) is 4.18 Å². The van der Waals surface area contributed by atoms with E-state index < -0.39 is 21.8 Å². The van der Waals surface area contributed by atoms with Gasteiger partial charge < -0.3 is 9.64 Å². The normalized spacial score (nSPS) is 17.5. The molecule has 1 saturated heterocycles. The van der Waals surface area contributed by atoms with Crippen molar-refractivity contribution in [2.75, 3.05) is 13.1 Å². The number of nitrogens with zero attached hydrogens (tertiary/aromatic N) is 1. The first-order valence-electron chi connectivity index (χ1n) is 7.55. The Bertz CT molecular complexity index is 645. The van der Waals surface area contributed by atoms with Gasteiger partial charge in [0.25, 0.3) is 10.1 Å². The van der Waals surface area contributed by atoms with Crippen molar-refractivity contribution >= 4 is 16.2 Å². The molecule has 2 rings (SSSR count). The van der Waals surface area contributed by atoms with Crippen molar-refractivity contribution in [2.24, 2.45) is 5.92 Å². The second kappa shape index (κ2) is 6.49. The van der Waals surface area contributed by atoms with Gasteiger partial charge in [0, 0.05) is 19.0 Å². The summed E-state index contributed by atoms with van der Waals surface area (Å²) in [5.74, 6) is -0.0268. The molecule has 1 aromatic rings.